The number of benzene rings is 1. The van der Waals surface area contributed by atoms with Crippen LogP contribution in [-0.2, 0) is 16.0 Å². The summed E-state index contributed by atoms with van der Waals surface area (Å²) >= 11 is 0. The molecule has 8 nitrogen and oxygen atoms in total. The number of piperidine rings is 1. The molecule has 1 aliphatic heterocycles. The first-order valence-electron chi connectivity index (χ1n) is 10.4. The third-order valence-corrected chi connectivity index (χ3v) is 5.34. The number of hydrogen-bond acceptors (Lipinski definition) is 5. The molecule has 2 aromatic rings. The lowest BCUT2D eigenvalue weighted by Crippen LogP contribution is -2.48. The molecular weight excluding hydrogens is 387 g/mol. The molecule has 162 valence electrons. The highest BCUT2D eigenvalue weighted by atomic mass is 19.1. The van der Waals surface area contributed by atoms with Gasteiger partial charge in [0.25, 0.3) is 0 Å². The lowest BCUT2D eigenvalue weighted by atomic mass is 9.95. The van der Waals surface area contributed by atoms with Gasteiger partial charge < -0.3 is 10.2 Å². The number of tetrazole rings is 1. The maximum absolute atomic E-state index is 13.7. The van der Waals surface area contributed by atoms with E-state index in [0.29, 0.717) is 36.9 Å². The molecule has 0 radical (unpaired) electrons. The van der Waals surface area contributed by atoms with Gasteiger partial charge in [-0.3, -0.25) is 9.59 Å². The highest BCUT2D eigenvalue weighted by Gasteiger charge is 2.34. The van der Waals surface area contributed by atoms with Crippen LogP contribution in [0.3, 0.4) is 0 Å². The Kier molecular flexibility index (Phi) is 7.12. The van der Waals surface area contributed by atoms with E-state index in [1.54, 1.807) is 24.0 Å². The highest BCUT2D eigenvalue weighted by Crippen LogP contribution is 2.23. The zero-order chi connectivity index (χ0) is 21.7. The van der Waals surface area contributed by atoms with Crippen LogP contribution in [0.25, 0.3) is 0 Å². The summed E-state index contributed by atoms with van der Waals surface area (Å²) in [7, 11) is 0. The molecule has 2 amide bonds. The monoisotopic (exact) mass is 416 g/mol. The van der Waals surface area contributed by atoms with Gasteiger partial charge in [-0.1, -0.05) is 26.0 Å². The largest absolute Gasteiger partial charge is 0.356 e. The van der Waals surface area contributed by atoms with E-state index in [2.05, 4.69) is 20.8 Å². The minimum Gasteiger partial charge on any atom is -0.356 e. The number of nitrogens with one attached hydrogen (secondary N) is 1. The van der Waals surface area contributed by atoms with Crippen LogP contribution in [0.15, 0.2) is 24.3 Å². The summed E-state index contributed by atoms with van der Waals surface area (Å²) < 4.78 is 15.2. The van der Waals surface area contributed by atoms with Crippen molar-refractivity contribution in [3.05, 3.63) is 41.5 Å². The van der Waals surface area contributed by atoms with Crippen molar-refractivity contribution in [3.8, 4) is 0 Å². The van der Waals surface area contributed by atoms with Crippen LogP contribution >= 0.6 is 0 Å². The van der Waals surface area contributed by atoms with Gasteiger partial charge in [-0.2, -0.15) is 0 Å². The molecule has 30 heavy (non-hydrogen) atoms. The quantitative estimate of drug-likeness (QED) is 0.744. The molecule has 1 aromatic heterocycles. The summed E-state index contributed by atoms with van der Waals surface area (Å²) in [5, 5.41) is 14.5. The molecule has 1 aliphatic rings. The molecule has 0 bridgehead atoms. The SMILES string of the molecule is Cc1nnnn1[C@@H](Cc1cccc(F)c1)C(=O)N1CCC[C@H](C(=O)NCC(C)C)C1. The van der Waals surface area contributed by atoms with Gasteiger partial charge in [-0.25, -0.2) is 9.07 Å². The van der Waals surface area contributed by atoms with E-state index in [0.717, 1.165) is 12.8 Å². The van der Waals surface area contributed by atoms with E-state index in [1.165, 1.54) is 16.8 Å². The highest BCUT2D eigenvalue weighted by molar-refractivity contribution is 5.83. The van der Waals surface area contributed by atoms with Crippen molar-refractivity contribution >= 4 is 11.8 Å². The van der Waals surface area contributed by atoms with Crippen molar-refractivity contribution in [1.29, 1.82) is 0 Å². The maximum atomic E-state index is 13.7. The average molecular weight is 417 g/mol. The zero-order valence-electron chi connectivity index (χ0n) is 17.7. The Morgan fingerprint density at radius 3 is 2.80 bits per heavy atom. The molecule has 1 aromatic carbocycles. The number of hydrogen-bond donors (Lipinski definition) is 1. The molecule has 1 N–H and O–H groups in total. The maximum Gasteiger partial charge on any atom is 0.247 e. The predicted octanol–water partition coefficient (Wildman–Crippen LogP) is 1.92. The minimum atomic E-state index is -0.695. The number of aromatic nitrogens is 4. The molecule has 3 rings (SSSR count). The number of halogens is 1. The predicted molar refractivity (Wildman–Crippen MR) is 109 cm³/mol. The Labute approximate surface area is 175 Å². The summed E-state index contributed by atoms with van der Waals surface area (Å²) in [4.78, 5) is 27.7. The van der Waals surface area contributed by atoms with Gasteiger partial charge in [-0.15, -0.1) is 5.10 Å². The summed E-state index contributed by atoms with van der Waals surface area (Å²) in [5.74, 6) is 0.123. The number of rotatable bonds is 7. The van der Waals surface area contributed by atoms with Crippen molar-refractivity contribution in [2.45, 2.75) is 46.1 Å². The van der Waals surface area contributed by atoms with Crippen molar-refractivity contribution in [1.82, 2.24) is 30.4 Å². The van der Waals surface area contributed by atoms with Crippen molar-refractivity contribution in [2.24, 2.45) is 11.8 Å². The lowest BCUT2D eigenvalue weighted by molar-refractivity contribution is -0.139. The van der Waals surface area contributed by atoms with Crippen LogP contribution in [0.2, 0.25) is 0 Å². The third kappa shape index (κ3) is 5.40. The van der Waals surface area contributed by atoms with Crippen LogP contribution in [-0.4, -0.2) is 56.6 Å². The van der Waals surface area contributed by atoms with Crippen molar-refractivity contribution < 1.29 is 14.0 Å². The van der Waals surface area contributed by atoms with E-state index in [1.807, 2.05) is 13.8 Å². The number of carbonyl (C=O) groups excluding carboxylic acids is 2. The Hall–Kier alpha value is -2.84. The first kappa shape index (κ1) is 21.9. The smallest absolute Gasteiger partial charge is 0.247 e. The van der Waals surface area contributed by atoms with Crippen LogP contribution in [0.4, 0.5) is 4.39 Å². The standard InChI is InChI=1S/C21H29FN6O2/c1-14(2)12-23-20(29)17-7-5-9-27(13-17)21(30)19(28-15(3)24-25-26-28)11-16-6-4-8-18(22)10-16/h4,6,8,10,14,17,19H,5,7,9,11-13H2,1-3H3,(H,23,29)/t17-,19-/m0/s1. The molecule has 1 saturated heterocycles. The van der Waals surface area contributed by atoms with E-state index in [4.69, 9.17) is 0 Å². The van der Waals surface area contributed by atoms with Gasteiger partial charge >= 0.3 is 0 Å². The van der Waals surface area contributed by atoms with Gasteiger partial charge in [0.2, 0.25) is 11.8 Å². The van der Waals surface area contributed by atoms with Crippen LogP contribution in [0.5, 0.6) is 0 Å². The summed E-state index contributed by atoms with van der Waals surface area (Å²) in [6.45, 7) is 7.38. The fourth-order valence-electron chi connectivity index (χ4n) is 3.74. The molecule has 2 heterocycles. The van der Waals surface area contributed by atoms with Gasteiger partial charge in [0, 0.05) is 26.1 Å². The number of carbonyl (C=O) groups is 2. The summed E-state index contributed by atoms with van der Waals surface area (Å²) in [5.41, 5.74) is 0.687. The Bertz CT molecular complexity index is 884. The number of likely N-dealkylation sites (tertiary alicyclic amines) is 1. The summed E-state index contributed by atoms with van der Waals surface area (Å²) in [6.07, 6.45) is 1.78. The van der Waals surface area contributed by atoms with Crippen LogP contribution in [0.1, 0.15) is 44.1 Å². The van der Waals surface area contributed by atoms with Crippen LogP contribution in [0, 0.1) is 24.6 Å². The normalized spacial score (nSPS) is 17.8. The zero-order valence-corrected chi connectivity index (χ0v) is 17.7. The molecule has 2 atom stereocenters. The third-order valence-electron chi connectivity index (χ3n) is 5.34. The van der Waals surface area contributed by atoms with E-state index in [9.17, 15) is 14.0 Å². The minimum absolute atomic E-state index is 0.0125. The number of nitrogens with zero attached hydrogens (tertiary/aromatic N) is 5. The molecule has 0 unspecified atom stereocenters. The first-order chi connectivity index (χ1) is 14.3. The van der Waals surface area contributed by atoms with Crippen molar-refractivity contribution in [2.75, 3.05) is 19.6 Å². The Morgan fingerprint density at radius 1 is 1.33 bits per heavy atom. The van der Waals surface area contributed by atoms with Gasteiger partial charge in [0.1, 0.15) is 17.7 Å². The second-order valence-electron chi connectivity index (χ2n) is 8.28. The second-order valence-corrected chi connectivity index (χ2v) is 8.28. The summed E-state index contributed by atoms with van der Waals surface area (Å²) in [6, 6.07) is 5.49. The second kappa shape index (κ2) is 9.77. The van der Waals surface area contributed by atoms with Crippen LogP contribution < -0.4 is 5.32 Å². The Balaban J connectivity index is 1.77. The van der Waals surface area contributed by atoms with E-state index in [-0.39, 0.29) is 30.0 Å². The molecule has 1 fully saturated rings. The Morgan fingerprint density at radius 2 is 2.13 bits per heavy atom. The topological polar surface area (TPSA) is 93.0 Å². The average Bonchev–Trinajstić information content (AvgIpc) is 3.15. The van der Waals surface area contributed by atoms with Gasteiger partial charge in [-0.05, 0) is 53.8 Å². The molecule has 0 aliphatic carbocycles. The van der Waals surface area contributed by atoms with E-state index >= 15 is 0 Å². The van der Waals surface area contributed by atoms with Gasteiger partial charge in [0.15, 0.2) is 0 Å². The van der Waals surface area contributed by atoms with E-state index < -0.39 is 6.04 Å². The fraction of sp³-hybridized carbons (Fsp3) is 0.571. The molecular formula is C21H29FN6O2. The number of aryl methyl sites for hydroxylation is 1. The fourth-order valence-corrected chi connectivity index (χ4v) is 3.74. The molecule has 9 heteroatoms. The first-order valence-corrected chi connectivity index (χ1v) is 10.4. The lowest BCUT2D eigenvalue weighted by Gasteiger charge is -2.34. The van der Waals surface area contributed by atoms with Crippen molar-refractivity contribution in [3.63, 3.8) is 0 Å². The number of amides is 2. The van der Waals surface area contributed by atoms with Gasteiger partial charge in [0.05, 0.1) is 5.92 Å². The molecule has 0 saturated carbocycles. The molecule has 0 spiro atoms.